The zero-order chi connectivity index (χ0) is 27.9. The zero-order valence-electron chi connectivity index (χ0n) is 21.1. The van der Waals surface area contributed by atoms with Gasteiger partial charge in [-0.25, -0.2) is 4.79 Å². The number of hydrogen-bond donors (Lipinski definition) is 4. The number of halogens is 2. The monoisotopic (exact) mass is 570 g/mol. The highest BCUT2D eigenvalue weighted by Crippen LogP contribution is 2.33. The van der Waals surface area contributed by atoms with Crippen LogP contribution in [0.1, 0.15) is 28.4 Å². The molecule has 0 spiro atoms. The molecule has 1 aliphatic rings. The summed E-state index contributed by atoms with van der Waals surface area (Å²) in [5.74, 6) is -1.07. The molecule has 1 heterocycles. The maximum atomic E-state index is 13.1. The second kappa shape index (κ2) is 12.8. The van der Waals surface area contributed by atoms with Crippen LogP contribution in [0.5, 0.6) is 5.75 Å². The van der Waals surface area contributed by atoms with E-state index in [0.29, 0.717) is 18.7 Å². The standard InChI is InChI=1S/C28H28Cl2N4O5/c1-38-28(37)23(14-33-25(35)15-32-22-9-10-39-24-8-7-18(31)13-19(22)24)34-27(36)26-20(29)11-17(12-21(26)30)16-5-3-2-4-6-16/h2-8,11-13,22-23,32H,9-10,14-15,31H2,1H3,(H,33,35)(H,34,36)/t22-,23-/m0/s1. The number of hydrogen-bond acceptors (Lipinski definition) is 7. The van der Waals surface area contributed by atoms with E-state index >= 15 is 0 Å². The van der Waals surface area contributed by atoms with Crippen LogP contribution in [0.25, 0.3) is 11.1 Å². The van der Waals surface area contributed by atoms with Gasteiger partial charge in [-0.3, -0.25) is 9.59 Å². The molecule has 3 aromatic rings. The Bertz CT molecular complexity index is 1350. The lowest BCUT2D eigenvalue weighted by Crippen LogP contribution is -2.50. The van der Waals surface area contributed by atoms with Crippen molar-refractivity contribution < 1.29 is 23.9 Å². The number of fused-ring (bicyclic) bond motifs is 1. The van der Waals surface area contributed by atoms with Gasteiger partial charge in [0, 0.05) is 30.3 Å². The third-order valence-electron chi connectivity index (χ3n) is 6.25. The van der Waals surface area contributed by atoms with Crippen LogP contribution in [0.2, 0.25) is 10.0 Å². The maximum Gasteiger partial charge on any atom is 0.330 e. The molecule has 0 saturated heterocycles. The molecular weight excluding hydrogens is 543 g/mol. The molecule has 3 aromatic carbocycles. The third-order valence-corrected chi connectivity index (χ3v) is 6.85. The van der Waals surface area contributed by atoms with Gasteiger partial charge >= 0.3 is 5.97 Å². The molecule has 0 saturated carbocycles. The Balaban J connectivity index is 1.37. The van der Waals surface area contributed by atoms with Gasteiger partial charge in [0.2, 0.25) is 5.91 Å². The summed E-state index contributed by atoms with van der Waals surface area (Å²) in [5.41, 5.74) is 9.00. The Morgan fingerprint density at radius 3 is 2.46 bits per heavy atom. The highest BCUT2D eigenvalue weighted by atomic mass is 35.5. The molecule has 0 aromatic heterocycles. The quantitative estimate of drug-likeness (QED) is 0.227. The van der Waals surface area contributed by atoms with E-state index in [-0.39, 0.29) is 40.6 Å². The highest BCUT2D eigenvalue weighted by Gasteiger charge is 2.26. The average Bonchev–Trinajstić information content (AvgIpc) is 2.93. The van der Waals surface area contributed by atoms with Crippen molar-refractivity contribution in [2.75, 3.05) is 32.5 Å². The molecule has 0 unspecified atom stereocenters. The lowest BCUT2D eigenvalue weighted by molar-refractivity contribution is -0.142. The van der Waals surface area contributed by atoms with Crippen molar-refractivity contribution >= 4 is 46.7 Å². The minimum atomic E-state index is -1.17. The summed E-state index contributed by atoms with van der Waals surface area (Å²) in [5, 5.41) is 8.63. The van der Waals surface area contributed by atoms with Crippen LogP contribution in [0.15, 0.2) is 60.7 Å². The molecule has 5 N–H and O–H groups in total. The van der Waals surface area contributed by atoms with Gasteiger partial charge in [-0.05, 0) is 41.5 Å². The van der Waals surface area contributed by atoms with Crippen LogP contribution in [-0.4, -0.2) is 50.6 Å². The fourth-order valence-electron chi connectivity index (χ4n) is 4.27. The van der Waals surface area contributed by atoms with Crippen molar-refractivity contribution in [3.63, 3.8) is 0 Å². The molecule has 0 fully saturated rings. The van der Waals surface area contributed by atoms with E-state index in [4.69, 9.17) is 38.4 Å². The summed E-state index contributed by atoms with van der Waals surface area (Å²) in [6, 6.07) is 16.8. The van der Waals surface area contributed by atoms with Crippen LogP contribution in [-0.2, 0) is 14.3 Å². The number of nitrogens with one attached hydrogen (secondary N) is 3. The molecule has 2 amide bonds. The molecule has 39 heavy (non-hydrogen) atoms. The van der Waals surface area contributed by atoms with Crippen molar-refractivity contribution in [2.45, 2.75) is 18.5 Å². The summed E-state index contributed by atoms with van der Waals surface area (Å²) in [7, 11) is 1.19. The Morgan fingerprint density at radius 1 is 1.05 bits per heavy atom. The van der Waals surface area contributed by atoms with E-state index in [1.807, 2.05) is 36.4 Å². The Kier molecular flexibility index (Phi) is 9.29. The molecule has 0 radical (unpaired) electrons. The lowest BCUT2D eigenvalue weighted by atomic mass is 10.00. The van der Waals surface area contributed by atoms with E-state index in [1.165, 1.54) is 7.11 Å². The summed E-state index contributed by atoms with van der Waals surface area (Å²) in [6.07, 6.45) is 0.662. The van der Waals surface area contributed by atoms with Crippen molar-refractivity contribution in [1.29, 1.82) is 0 Å². The van der Waals surface area contributed by atoms with Gasteiger partial charge in [-0.1, -0.05) is 53.5 Å². The Hall–Kier alpha value is -3.79. The van der Waals surface area contributed by atoms with Gasteiger partial charge in [0.05, 0.1) is 35.9 Å². The van der Waals surface area contributed by atoms with Gasteiger partial charge in [-0.2, -0.15) is 0 Å². The smallest absolute Gasteiger partial charge is 0.330 e. The second-order valence-electron chi connectivity index (χ2n) is 8.90. The summed E-state index contributed by atoms with van der Waals surface area (Å²) in [4.78, 5) is 38.0. The first-order chi connectivity index (χ1) is 18.8. The molecule has 0 aliphatic carbocycles. The van der Waals surface area contributed by atoms with Crippen LogP contribution < -0.4 is 26.4 Å². The molecule has 0 bridgehead atoms. The fraction of sp³-hybridized carbons (Fsp3) is 0.250. The van der Waals surface area contributed by atoms with E-state index in [9.17, 15) is 14.4 Å². The number of rotatable bonds is 9. The Morgan fingerprint density at radius 2 is 1.77 bits per heavy atom. The minimum Gasteiger partial charge on any atom is -0.493 e. The molecule has 2 atom stereocenters. The first-order valence-electron chi connectivity index (χ1n) is 12.2. The van der Waals surface area contributed by atoms with E-state index < -0.39 is 17.9 Å². The number of esters is 1. The first-order valence-corrected chi connectivity index (χ1v) is 13.0. The zero-order valence-corrected chi connectivity index (χ0v) is 22.6. The number of benzene rings is 3. The topological polar surface area (TPSA) is 132 Å². The number of carbonyl (C=O) groups excluding carboxylic acids is 3. The first kappa shape index (κ1) is 28.2. The molecule has 1 aliphatic heterocycles. The molecular formula is C28H28Cl2N4O5. The van der Waals surface area contributed by atoms with Crippen molar-refractivity contribution in [3.8, 4) is 16.9 Å². The second-order valence-corrected chi connectivity index (χ2v) is 9.72. The molecule has 4 rings (SSSR count). The van der Waals surface area contributed by atoms with Crippen LogP contribution in [0.4, 0.5) is 5.69 Å². The number of nitrogens with two attached hydrogens (primary N) is 1. The van der Waals surface area contributed by atoms with Gasteiger partial charge in [0.1, 0.15) is 11.8 Å². The fourth-order valence-corrected chi connectivity index (χ4v) is 4.93. The van der Waals surface area contributed by atoms with Crippen LogP contribution in [0.3, 0.4) is 0 Å². The van der Waals surface area contributed by atoms with E-state index in [2.05, 4.69) is 16.0 Å². The molecule has 11 heteroatoms. The largest absolute Gasteiger partial charge is 0.493 e. The maximum absolute atomic E-state index is 13.1. The van der Waals surface area contributed by atoms with Crippen LogP contribution in [0, 0.1) is 0 Å². The number of ether oxygens (including phenoxy) is 2. The number of carbonyl (C=O) groups is 3. The predicted molar refractivity (Wildman–Crippen MR) is 150 cm³/mol. The van der Waals surface area contributed by atoms with Crippen LogP contribution >= 0.6 is 23.2 Å². The van der Waals surface area contributed by atoms with Gasteiger partial charge < -0.3 is 31.2 Å². The van der Waals surface area contributed by atoms with Gasteiger partial charge in [-0.15, -0.1) is 0 Å². The van der Waals surface area contributed by atoms with Gasteiger partial charge in [0.25, 0.3) is 5.91 Å². The minimum absolute atomic E-state index is 0.0115. The third kappa shape index (κ3) is 7.00. The van der Waals surface area contributed by atoms with E-state index in [1.54, 1.807) is 24.3 Å². The number of anilines is 1. The number of methoxy groups -OCH3 is 1. The normalized spacial score (nSPS) is 14.9. The molecule has 9 nitrogen and oxygen atoms in total. The van der Waals surface area contributed by atoms with Gasteiger partial charge in [0.15, 0.2) is 0 Å². The van der Waals surface area contributed by atoms with Crippen molar-refractivity contribution in [1.82, 2.24) is 16.0 Å². The molecule has 204 valence electrons. The summed E-state index contributed by atoms with van der Waals surface area (Å²) < 4.78 is 10.5. The Labute approximate surface area is 235 Å². The van der Waals surface area contributed by atoms with Crippen molar-refractivity contribution in [3.05, 3.63) is 81.8 Å². The summed E-state index contributed by atoms with van der Waals surface area (Å²) >= 11 is 12.8. The van der Waals surface area contributed by atoms with Crippen molar-refractivity contribution in [2.24, 2.45) is 0 Å². The lowest BCUT2D eigenvalue weighted by Gasteiger charge is -2.27. The number of amides is 2. The van der Waals surface area contributed by atoms with E-state index in [0.717, 1.165) is 22.4 Å². The average molecular weight is 571 g/mol. The summed E-state index contributed by atoms with van der Waals surface area (Å²) in [6.45, 7) is 0.275. The predicted octanol–water partition coefficient (Wildman–Crippen LogP) is 3.74. The SMILES string of the molecule is COC(=O)[C@H](CNC(=O)CN[C@H]1CCOc2ccc(N)cc21)NC(=O)c1c(Cl)cc(-c2ccccc2)cc1Cl. The number of nitrogen functional groups attached to an aromatic ring is 1. The highest BCUT2D eigenvalue weighted by molar-refractivity contribution is 6.40.